The highest BCUT2D eigenvalue weighted by Crippen LogP contribution is 2.33. The molecule has 96 valence electrons. The lowest BCUT2D eigenvalue weighted by molar-refractivity contribution is -0.142. The van der Waals surface area contributed by atoms with Gasteiger partial charge in [-0.15, -0.1) is 0 Å². The van der Waals surface area contributed by atoms with Crippen LogP contribution in [0.25, 0.3) is 0 Å². The van der Waals surface area contributed by atoms with Gasteiger partial charge < -0.3 is 4.42 Å². The van der Waals surface area contributed by atoms with Gasteiger partial charge in [-0.05, 0) is 28.1 Å². The van der Waals surface area contributed by atoms with Crippen LogP contribution in [-0.2, 0) is 12.7 Å². The van der Waals surface area contributed by atoms with E-state index < -0.39 is 11.9 Å². The number of aromatic nitrogens is 2. The van der Waals surface area contributed by atoms with Gasteiger partial charge in [-0.3, -0.25) is 9.48 Å². The van der Waals surface area contributed by atoms with E-state index in [0.717, 1.165) is 4.68 Å². The minimum absolute atomic E-state index is 0.0164. The normalized spacial score (nSPS) is 11.8. The first-order valence-corrected chi connectivity index (χ1v) is 5.53. The molecule has 0 saturated carbocycles. The van der Waals surface area contributed by atoms with E-state index in [1.165, 1.54) is 18.3 Å². The van der Waals surface area contributed by atoms with Crippen molar-refractivity contribution in [2.24, 2.45) is 0 Å². The van der Waals surface area contributed by atoms with Gasteiger partial charge in [0.25, 0.3) is 0 Å². The molecule has 0 aliphatic heterocycles. The highest BCUT2D eigenvalue weighted by molar-refractivity contribution is 9.10. The van der Waals surface area contributed by atoms with E-state index in [9.17, 15) is 18.0 Å². The zero-order chi connectivity index (χ0) is 13.3. The molecule has 0 fully saturated rings. The fourth-order valence-corrected chi connectivity index (χ4v) is 1.91. The monoisotopic (exact) mass is 322 g/mol. The van der Waals surface area contributed by atoms with Crippen molar-refractivity contribution in [1.29, 1.82) is 0 Å². The molecule has 0 bridgehead atoms. The van der Waals surface area contributed by atoms with Crippen molar-refractivity contribution in [2.75, 3.05) is 0 Å². The summed E-state index contributed by atoms with van der Waals surface area (Å²) in [6.07, 6.45) is -2.79. The SMILES string of the molecule is O=Cc1ccc(Cn2cc(Br)c(C(F)(F)F)n2)o1. The van der Waals surface area contributed by atoms with Crippen molar-refractivity contribution < 1.29 is 22.4 Å². The number of aldehydes is 1. The van der Waals surface area contributed by atoms with Crippen LogP contribution in [0.1, 0.15) is 22.0 Å². The van der Waals surface area contributed by atoms with E-state index in [1.807, 2.05) is 0 Å². The molecule has 2 rings (SSSR count). The number of carbonyl (C=O) groups is 1. The van der Waals surface area contributed by atoms with Gasteiger partial charge in [0.2, 0.25) is 0 Å². The number of carbonyl (C=O) groups excluding carboxylic acids is 1. The second kappa shape index (κ2) is 4.60. The summed E-state index contributed by atoms with van der Waals surface area (Å²) in [4.78, 5) is 10.4. The summed E-state index contributed by atoms with van der Waals surface area (Å²) in [6, 6.07) is 2.94. The molecule has 4 nitrogen and oxygen atoms in total. The lowest BCUT2D eigenvalue weighted by Crippen LogP contribution is -2.08. The quantitative estimate of drug-likeness (QED) is 0.816. The van der Waals surface area contributed by atoms with Gasteiger partial charge in [0, 0.05) is 6.20 Å². The third-order valence-electron chi connectivity index (χ3n) is 2.10. The molecule has 2 aromatic rings. The van der Waals surface area contributed by atoms with Crippen LogP contribution in [0.15, 0.2) is 27.2 Å². The van der Waals surface area contributed by atoms with Gasteiger partial charge in [0.1, 0.15) is 5.76 Å². The van der Waals surface area contributed by atoms with Gasteiger partial charge in [0.05, 0.1) is 11.0 Å². The van der Waals surface area contributed by atoms with Crippen molar-refractivity contribution in [3.63, 3.8) is 0 Å². The van der Waals surface area contributed by atoms with Gasteiger partial charge in [-0.1, -0.05) is 0 Å². The van der Waals surface area contributed by atoms with Crippen molar-refractivity contribution in [2.45, 2.75) is 12.7 Å². The maximum absolute atomic E-state index is 12.5. The third-order valence-corrected chi connectivity index (χ3v) is 2.68. The predicted molar refractivity (Wildman–Crippen MR) is 58.1 cm³/mol. The van der Waals surface area contributed by atoms with Crippen molar-refractivity contribution >= 4 is 22.2 Å². The Kier molecular flexibility index (Phi) is 3.29. The molecular formula is C10H6BrF3N2O2. The Hall–Kier alpha value is -1.57. The summed E-state index contributed by atoms with van der Waals surface area (Å²) in [5.74, 6) is 0.466. The number of furan rings is 1. The van der Waals surface area contributed by atoms with Crippen LogP contribution >= 0.6 is 15.9 Å². The van der Waals surface area contributed by atoms with Crippen LogP contribution in [-0.4, -0.2) is 16.1 Å². The first-order valence-electron chi connectivity index (χ1n) is 4.74. The highest BCUT2D eigenvalue weighted by Gasteiger charge is 2.36. The minimum Gasteiger partial charge on any atom is -0.456 e. The summed E-state index contributed by atoms with van der Waals surface area (Å²) in [5.41, 5.74) is -0.996. The summed E-state index contributed by atoms with van der Waals surface area (Å²) < 4.78 is 43.4. The number of alkyl halides is 3. The van der Waals surface area contributed by atoms with E-state index in [1.54, 1.807) is 0 Å². The smallest absolute Gasteiger partial charge is 0.436 e. The number of halogens is 4. The molecule has 0 aliphatic rings. The van der Waals surface area contributed by atoms with Crippen LogP contribution in [0.4, 0.5) is 13.2 Å². The molecule has 18 heavy (non-hydrogen) atoms. The Labute approximate surface area is 108 Å². The Morgan fingerprint density at radius 1 is 1.44 bits per heavy atom. The van der Waals surface area contributed by atoms with E-state index in [2.05, 4.69) is 21.0 Å². The van der Waals surface area contributed by atoms with E-state index >= 15 is 0 Å². The maximum atomic E-state index is 12.5. The van der Waals surface area contributed by atoms with Crippen LogP contribution in [0.5, 0.6) is 0 Å². The lowest BCUT2D eigenvalue weighted by Gasteiger charge is -2.02. The average Bonchev–Trinajstić information content (AvgIpc) is 2.84. The molecule has 2 heterocycles. The summed E-state index contributed by atoms with van der Waals surface area (Å²) in [5, 5.41) is 3.41. The van der Waals surface area contributed by atoms with Gasteiger partial charge in [0.15, 0.2) is 17.7 Å². The summed E-state index contributed by atoms with van der Waals surface area (Å²) in [6.45, 7) is 0.0164. The fourth-order valence-electron chi connectivity index (χ4n) is 1.37. The fraction of sp³-hybridized carbons (Fsp3) is 0.200. The molecule has 2 aromatic heterocycles. The molecule has 0 spiro atoms. The number of hydrogen-bond donors (Lipinski definition) is 0. The molecule has 0 saturated heterocycles. The topological polar surface area (TPSA) is 48.0 Å². The maximum Gasteiger partial charge on any atom is 0.436 e. The molecule has 0 radical (unpaired) electrons. The van der Waals surface area contributed by atoms with E-state index in [-0.39, 0.29) is 16.8 Å². The second-order valence-electron chi connectivity index (χ2n) is 3.44. The molecule has 0 aliphatic carbocycles. The zero-order valence-corrected chi connectivity index (χ0v) is 10.3. The van der Waals surface area contributed by atoms with E-state index in [0.29, 0.717) is 12.0 Å². The minimum atomic E-state index is -4.51. The molecular weight excluding hydrogens is 317 g/mol. The number of rotatable bonds is 3. The molecule has 0 N–H and O–H groups in total. The number of nitrogens with zero attached hydrogens (tertiary/aromatic N) is 2. The standard InChI is InChI=1S/C10H6BrF3N2O2/c11-8-4-16(15-9(8)10(12,13)14)3-6-1-2-7(5-17)18-6/h1-2,4-5H,3H2. The number of hydrogen-bond acceptors (Lipinski definition) is 3. The molecule has 0 aromatic carbocycles. The van der Waals surface area contributed by atoms with E-state index in [4.69, 9.17) is 4.42 Å². The average molecular weight is 323 g/mol. The Balaban J connectivity index is 2.22. The summed E-state index contributed by atoms with van der Waals surface area (Å²) >= 11 is 2.80. The van der Waals surface area contributed by atoms with Gasteiger partial charge in [-0.2, -0.15) is 18.3 Å². The first kappa shape index (κ1) is 12.9. The van der Waals surface area contributed by atoms with Gasteiger partial charge >= 0.3 is 6.18 Å². The van der Waals surface area contributed by atoms with Gasteiger partial charge in [-0.25, -0.2) is 0 Å². The van der Waals surface area contributed by atoms with Crippen LogP contribution in [0.2, 0.25) is 0 Å². The molecule has 0 unspecified atom stereocenters. The Morgan fingerprint density at radius 3 is 2.67 bits per heavy atom. The van der Waals surface area contributed by atoms with Crippen molar-refractivity contribution in [3.8, 4) is 0 Å². The summed E-state index contributed by atoms with van der Waals surface area (Å²) in [7, 11) is 0. The highest BCUT2D eigenvalue weighted by atomic mass is 79.9. The Bertz CT molecular complexity index is 574. The molecule has 0 atom stereocenters. The molecule has 8 heteroatoms. The zero-order valence-electron chi connectivity index (χ0n) is 8.74. The second-order valence-corrected chi connectivity index (χ2v) is 4.30. The van der Waals surface area contributed by atoms with Crippen LogP contribution in [0, 0.1) is 0 Å². The predicted octanol–water partition coefficient (Wildman–Crippen LogP) is 3.12. The van der Waals surface area contributed by atoms with Crippen molar-refractivity contribution in [1.82, 2.24) is 9.78 Å². The first-order chi connectivity index (χ1) is 8.40. The molecule has 0 amide bonds. The van der Waals surface area contributed by atoms with Crippen LogP contribution in [0.3, 0.4) is 0 Å². The lowest BCUT2D eigenvalue weighted by atomic mass is 10.4. The third kappa shape index (κ3) is 2.63. The van der Waals surface area contributed by atoms with Crippen LogP contribution < -0.4 is 0 Å². The largest absolute Gasteiger partial charge is 0.456 e. The Morgan fingerprint density at radius 2 is 2.17 bits per heavy atom. The van der Waals surface area contributed by atoms with Crippen molar-refractivity contribution in [3.05, 3.63) is 40.0 Å².